The molecule has 2 heterocycles. The summed E-state index contributed by atoms with van der Waals surface area (Å²) in [6, 6.07) is 4.63. The highest BCUT2D eigenvalue weighted by Crippen LogP contribution is 2.32. The van der Waals surface area contributed by atoms with E-state index in [1.54, 1.807) is 21.7 Å². The van der Waals surface area contributed by atoms with E-state index < -0.39 is 5.82 Å². The van der Waals surface area contributed by atoms with E-state index in [1.807, 2.05) is 7.05 Å². The molecule has 0 radical (unpaired) electrons. The average molecular weight is 373 g/mol. The van der Waals surface area contributed by atoms with Crippen LogP contribution in [-0.4, -0.2) is 50.2 Å². The van der Waals surface area contributed by atoms with Crippen molar-refractivity contribution < 1.29 is 14.3 Å². The molecule has 1 saturated heterocycles. The van der Waals surface area contributed by atoms with Gasteiger partial charge >= 0.3 is 6.03 Å². The fraction of sp³-hybridized carbons (Fsp3) is 0.526. The minimum Gasteiger partial charge on any atom is -0.505 e. The van der Waals surface area contributed by atoms with Gasteiger partial charge in [-0.2, -0.15) is 0 Å². The van der Waals surface area contributed by atoms with Gasteiger partial charge in [-0.1, -0.05) is 17.3 Å². The van der Waals surface area contributed by atoms with Gasteiger partial charge in [-0.05, 0) is 37.3 Å². The van der Waals surface area contributed by atoms with Crippen molar-refractivity contribution in [3.05, 3.63) is 41.0 Å². The summed E-state index contributed by atoms with van der Waals surface area (Å²) in [4.78, 5) is 14.5. The van der Waals surface area contributed by atoms with Crippen LogP contribution in [0.3, 0.4) is 0 Å². The van der Waals surface area contributed by atoms with E-state index in [-0.39, 0.29) is 23.7 Å². The van der Waals surface area contributed by atoms with E-state index >= 15 is 0 Å². The summed E-state index contributed by atoms with van der Waals surface area (Å²) in [6.45, 7) is 1.12. The highest BCUT2D eigenvalue weighted by molar-refractivity contribution is 5.74. The Kier molecular flexibility index (Phi) is 4.72. The molecule has 2 aliphatic rings. The van der Waals surface area contributed by atoms with E-state index in [4.69, 9.17) is 0 Å². The SMILES string of the molecule is Cn1nnc2c1CC(NC(=O)N1CCCC(c3cccc(O)c3F)C1)CC2. The number of likely N-dealkylation sites (tertiary alicyclic amines) is 1. The van der Waals surface area contributed by atoms with Gasteiger partial charge in [0.15, 0.2) is 11.6 Å². The number of fused-ring (bicyclic) bond motifs is 1. The van der Waals surface area contributed by atoms with Crippen molar-refractivity contribution in [1.82, 2.24) is 25.2 Å². The molecule has 4 rings (SSSR count). The molecule has 1 aromatic carbocycles. The number of carbonyl (C=O) groups is 1. The number of aromatic nitrogens is 3. The molecular weight excluding hydrogens is 349 g/mol. The van der Waals surface area contributed by atoms with Gasteiger partial charge in [0.05, 0.1) is 11.4 Å². The van der Waals surface area contributed by atoms with Crippen molar-refractivity contribution >= 4 is 6.03 Å². The van der Waals surface area contributed by atoms with Crippen molar-refractivity contribution in [2.24, 2.45) is 7.05 Å². The van der Waals surface area contributed by atoms with Crippen LogP contribution in [0.4, 0.5) is 9.18 Å². The van der Waals surface area contributed by atoms with Gasteiger partial charge in [-0.15, -0.1) is 5.10 Å². The van der Waals surface area contributed by atoms with Crippen LogP contribution < -0.4 is 5.32 Å². The Bertz CT molecular complexity index is 853. The zero-order valence-corrected chi connectivity index (χ0v) is 15.4. The highest BCUT2D eigenvalue weighted by atomic mass is 19.1. The Morgan fingerprint density at radius 2 is 2.22 bits per heavy atom. The number of nitrogens with one attached hydrogen (secondary N) is 1. The van der Waals surface area contributed by atoms with E-state index in [9.17, 15) is 14.3 Å². The summed E-state index contributed by atoms with van der Waals surface area (Å²) in [5, 5.41) is 20.9. The quantitative estimate of drug-likeness (QED) is 0.845. The summed E-state index contributed by atoms with van der Waals surface area (Å²) in [5.74, 6) is -1.01. The molecule has 0 saturated carbocycles. The molecule has 0 spiro atoms. The second-order valence-electron chi connectivity index (χ2n) is 7.46. The van der Waals surface area contributed by atoms with Crippen molar-refractivity contribution in [3.8, 4) is 5.75 Å². The standard InChI is InChI=1S/C19H24FN5O2/c1-24-16-10-13(7-8-15(16)22-23-24)21-19(27)25-9-3-4-12(11-25)14-5-2-6-17(26)18(14)20/h2,5-6,12-13,26H,3-4,7-11H2,1H3,(H,21,27). The van der Waals surface area contributed by atoms with Crippen molar-refractivity contribution in [2.45, 2.75) is 44.1 Å². The predicted molar refractivity (Wildman–Crippen MR) is 97.0 cm³/mol. The number of phenols is 1. The van der Waals surface area contributed by atoms with Crippen molar-refractivity contribution in [1.29, 1.82) is 0 Å². The molecule has 27 heavy (non-hydrogen) atoms. The first kappa shape index (κ1) is 17.8. The zero-order valence-electron chi connectivity index (χ0n) is 15.4. The molecule has 1 aliphatic carbocycles. The number of aromatic hydroxyl groups is 1. The Hall–Kier alpha value is -2.64. The molecule has 2 N–H and O–H groups in total. The van der Waals surface area contributed by atoms with Crippen molar-refractivity contribution in [3.63, 3.8) is 0 Å². The first-order chi connectivity index (χ1) is 13.0. The Morgan fingerprint density at radius 3 is 3.07 bits per heavy atom. The number of phenolic OH excluding ortho intramolecular Hbond substituents is 1. The van der Waals surface area contributed by atoms with E-state index in [1.165, 1.54) is 6.07 Å². The number of hydrogen-bond donors (Lipinski definition) is 2. The van der Waals surface area contributed by atoms with E-state index in [0.717, 1.165) is 43.5 Å². The van der Waals surface area contributed by atoms with Gasteiger partial charge in [-0.3, -0.25) is 4.68 Å². The lowest BCUT2D eigenvalue weighted by atomic mass is 9.90. The molecule has 7 nitrogen and oxygen atoms in total. The van der Waals surface area contributed by atoms with Crippen LogP contribution in [0.1, 0.15) is 42.1 Å². The van der Waals surface area contributed by atoms with Gasteiger partial charge < -0.3 is 15.3 Å². The van der Waals surface area contributed by atoms with Crippen LogP contribution in [0.15, 0.2) is 18.2 Å². The normalized spacial score (nSPS) is 22.4. The fourth-order valence-electron chi connectivity index (χ4n) is 4.17. The third kappa shape index (κ3) is 3.48. The molecule has 1 fully saturated rings. The van der Waals surface area contributed by atoms with Gasteiger partial charge in [0.2, 0.25) is 0 Å². The van der Waals surface area contributed by atoms with Gasteiger partial charge in [0.1, 0.15) is 0 Å². The Balaban J connectivity index is 1.40. The first-order valence-corrected chi connectivity index (χ1v) is 9.43. The molecule has 0 bridgehead atoms. The molecular formula is C19H24FN5O2. The molecule has 2 aromatic rings. The number of piperidine rings is 1. The van der Waals surface area contributed by atoms with E-state index in [0.29, 0.717) is 18.7 Å². The summed E-state index contributed by atoms with van der Waals surface area (Å²) in [6.07, 6.45) is 4.00. The van der Waals surface area contributed by atoms with Gasteiger partial charge in [0, 0.05) is 38.5 Å². The lowest BCUT2D eigenvalue weighted by molar-refractivity contribution is 0.174. The smallest absolute Gasteiger partial charge is 0.317 e. The van der Waals surface area contributed by atoms with Crippen LogP contribution in [0.5, 0.6) is 5.75 Å². The van der Waals surface area contributed by atoms with Crippen LogP contribution in [0.2, 0.25) is 0 Å². The fourth-order valence-corrected chi connectivity index (χ4v) is 4.17. The number of aryl methyl sites for hydroxylation is 2. The Morgan fingerprint density at radius 1 is 1.37 bits per heavy atom. The topological polar surface area (TPSA) is 83.3 Å². The molecule has 144 valence electrons. The molecule has 8 heteroatoms. The molecule has 1 aromatic heterocycles. The van der Waals surface area contributed by atoms with Crippen LogP contribution in [0.25, 0.3) is 0 Å². The summed E-state index contributed by atoms with van der Waals surface area (Å²) in [5.41, 5.74) is 2.57. The number of carbonyl (C=O) groups excluding carboxylic acids is 1. The summed E-state index contributed by atoms with van der Waals surface area (Å²) >= 11 is 0. The number of halogens is 1. The minimum atomic E-state index is -0.576. The molecule has 2 amide bonds. The molecule has 1 aliphatic heterocycles. The summed E-state index contributed by atoms with van der Waals surface area (Å²) < 4.78 is 16.0. The maximum Gasteiger partial charge on any atom is 0.317 e. The van der Waals surface area contributed by atoms with Crippen LogP contribution in [-0.2, 0) is 19.9 Å². The van der Waals surface area contributed by atoms with Crippen molar-refractivity contribution in [2.75, 3.05) is 13.1 Å². The minimum absolute atomic E-state index is 0.0556. The first-order valence-electron chi connectivity index (χ1n) is 9.43. The number of benzene rings is 1. The van der Waals surface area contributed by atoms with E-state index in [2.05, 4.69) is 15.6 Å². The van der Waals surface area contributed by atoms with Gasteiger partial charge in [-0.25, -0.2) is 9.18 Å². The number of amides is 2. The highest BCUT2D eigenvalue weighted by Gasteiger charge is 2.30. The molecule has 2 unspecified atom stereocenters. The number of nitrogens with zero attached hydrogens (tertiary/aromatic N) is 4. The number of hydrogen-bond acceptors (Lipinski definition) is 4. The third-order valence-corrected chi connectivity index (χ3v) is 5.68. The zero-order chi connectivity index (χ0) is 19.0. The Labute approximate surface area is 157 Å². The van der Waals surface area contributed by atoms with Crippen LogP contribution in [0, 0.1) is 5.82 Å². The second kappa shape index (κ2) is 7.17. The molecule has 2 atom stereocenters. The maximum absolute atomic E-state index is 14.3. The summed E-state index contributed by atoms with van der Waals surface area (Å²) in [7, 11) is 1.87. The van der Waals surface area contributed by atoms with Gasteiger partial charge in [0.25, 0.3) is 0 Å². The lowest BCUT2D eigenvalue weighted by Gasteiger charge is -2.34. The monoisotopic (exact) mass is 373 g/mol. The average Bonchev–Trinajstić information content (AvgIpc) is 3.04. The maximum atomic E-state index is 14.3. The second-order valence-corrected chi connectivity index (χ2v) is 7.46. The largest absolute Gasteiger partial charge is 0.505 e. The lowest BCUT2D eigenvalue weighted by Crippen LogP contribution is -2.49. The predicted octanol–water partition coefficient (Wildman–Crippen LogP) is 2.11. The third-order valence-electron chi connectivity index (χ3n) is 5.68. The number of rotatable bonds is 2. The van der Waals surface area contributed by atoms with Crippen LogP contribution >= 0.6 is 0 Å². The number of urea groups is 1.